The zero-order chi connectivity index (χ0) is 14.8. The Kier molecular flexibility index (Phi) is 6.65. The molecule has 4 heteroatoms. The van der Waals surface area contributed by atoms with Crippen LogP contribution in [0.25, 0.3) is 0 Å². The van der Waals surface area contributed by atoms with Gasteiger partial charge in [-0.3, -0.25) is 9.59 Å². The van der Waals surface area contributed by atoms with E-state index in [-0.39, 0.29) is 24.3 Å². The Labute approximate surface area is 117 Å². The molecule has 20 heavy (non-hydrogen) atoms. The number of terminal acetylenes is 1. The van der Waals surface area contributed by atoms with Crippen molar-refractivity contribution in [3.8, 4) is 24.2 Å². The van der Waals surface area contributed by atoms with E-state index in [0.29, 0.717) is 12.8 Å². The standard InChI is InChI=1S/C16H14O4/c1-2-3-4-5-6-7-8-14(17)15(18)11-9-13-10-12-16(19)20-13/h1,5,7,9,11,13,15,18H,8,10,12H2/b11-9+. The highest BCUT2D eigenvalue weighted by molar-refractivity contribution is 5.85. The van der Waals surface area contributed by atoms with Gasteiger partial charge in [0.05, 0.1) is 0 Å². The fourth-order valence-corrected chi connectivity index (χ4v) is 1.48. The first-order valence-corrected chi connectivity index (χ1v) is 6.07. The zero-order valence-corrected chi connectivity index (χ0v) is 10.8. The number of Topliss-reactive ketones (excluding diaryl/α,β-unsaturated/α-hetero) is 1. The summed E-state index contributed by atoms with van der Waals surface area (Å²) in [5.74, 6) is 6.38. The van der Waals surface area contributed by atoms with Gasteiger partial charge in [0.15, 0.2) is 5.78 Å². The van der Waals surface area contributed by atoms with Gasteiger partial charge >= 0.3 is 5.97 Å². The Hall–Kier alpha value is -2.52. The van der Waals surface area contributed by atoms with Crippen molar-refractivity contribution in [3.63, 3.8) is 0 Å². The summed E-state index contributed by atoms with van der Waals surface area (Å²) in [5, 5.41) is 9.60. The lowest BCUT2D eigenvalue weighted by molar-refractivity contribution is -0.140. The molecule has 0 amide bonds. The van der Waals surface area contributed by atoms with Crippen LogP contribution in [0.4, 0.5) is 0 Å². The van der Waals surface area contributed by atoms with Crippen LogP contribution >= 0.6 is 0 Å². The number of rotatable bonds is 5. The predicted molar refractivity (Wildman–Crippen MR) is 73.1 cm³/mol. The van der Waals surface area contributed by atoms with Crippen LogP contribution in [0, 0.1) is 24.2 Å². The van der Waals surface area contributed by atoms with Gasteiger partial charge in [0.25, 0.3) is 0 Å². The number of aliphatic hydroxyl groups excluding tert-OH is 1. The number of allylic oxidation sites excluding steroid dienone is 1. The first-order chi connectivity index (χ1) is 9.63. The van der Waals surface area contributed by atoms with Crippen LogP contribution in [0.5, 0.6) is 0 Å². The largest absolute Gasteiger partial charge is 0.458 e. The zero-order valence-electron chi connectivity index (χ0n) is 10.8. The molecule has 0 aromatic rings. The summed E-state index contributed by atoms with van der Waals surface area (Å²) in [5.41, 5.74) is 2.66. The fraction of sp³-hybridized carbons (Fsp3) is 0.312. The smallest absolute Gasteiger partial charge is 0.306 e. The summed E-state index contributed by atoms with van der Waals surface area (Å²) >= 11 is 0. The lowest BCUT2D eigenvalue weighted by atomic mass is 10.1. The molecule has 0 aliphatic carbocycles. The summed E-state index contributed by atoms with van der Waals surface area (Å²) < 4.78 is 4.92. The second-order valence-corrected chi connectivity index (χ2v) is 4.00. The Balaban J connectivity index is 2.39. The molecule has 1 heterocycles. The number of ketones is 1. The van der Waals surface area contributed by atoms with E-state index in [1.807, 2.05) is 0 Å². The van der Waals surface area contributed by atoms with Crippen LogP contribution in [-0.4, -0.2) is 29.1 Å². The number of cyclic esters (lactones) is 1. The lowest BCUT2D eigenvalue weighted by Crippen LogP contribution is -2.17. The van der Waals surface area contributed by atoms with Crippen LogP contribution < -0.4 is 0 Å². The second-order valence-electron chi connectivity index (χ2n) is 4.00. The number of hydrogen-bond donors (Lipinski definition) is 1. The van der Waals surface area contributed by atoms with Gasteiger partial charge in [0.2, 0.25) is 0 Å². The van der Waals surface area contributed by atoms with E-state index >= 15 is 0 Å². The van der Waals surface area contributed by atoms with Crippen molar-refractivity contribution in [2.75, 3.05) is 0 Å². The van der Waals surface area contributed by atoms with E-state index in [2.05, 4.69) is 23.5 Å². The molecule has 0 saturated carbocycles. The third kappa shape index (κ3) is 5.89. The van der Waals surface area contributed by atoms with E-state index in [4.69, 9.17) is 11.2 Å². The fourth-order valence-electron chi connectivity index (χ4n) is 1.48. The Bertz CT molecular complexity index is 560. The van der Waals surface area contributed by atoms with E-state index < -0.39 is 6.10 Å². The molecule has 0 spiro atoms. The number of carbonyl (C=O) groups excluding carboxylic acids is 2. The molecule has 0 radical (unpaired) electrons. The normalized spacial score (nSPS) is 18.2. The molecule has 1 fully saturated rings. The van der Waals surface area contributed by atoms with E-state index in [0.717, 1.165) is 0 Å². The number of hydrogen-bond acceptors (Lipinski definition) is 4. The van der Waals surface area contributed by atoms with Gasteiger partial charge in [-0.25, -0.2) is 0 Å². The molecule has 102 valence electrons. The monoisotopic (exact) mass is 270 g/mol. The highest BCUT2D eigenvalue weighted by atomic mass is 16.5. The average molecular weight is 270 g/mol. The molecule has 0 aromatic carbocycles. The molecule has 2 atom stereocenters. The van der Waals surface area contributed by atoms with Crippen molar-refractivity contribution in [1.82, 2.24) is 0 Å². The van der Waals surface area contributed by atoms with Crippen molar-refractivity contribution >= 4 is 11.8 Å². The number of esters is 1. The molecule has 0 aromatic heterocycles. The third-order valence-corrected chi connectivity index (χ3v) is 2.47. The van der Waals surface area contributed by atoms with Gasteiger partial charge in [0, 0.05) is 18.9 Å². The van der Waals surface area contributed by atoms with Crippen LogP contribution in [0.1, 0.15) is 19.3 Å². The van der Waals surface area contributed by atoms with Gasteiger partial charge < -0.3 is 9.84 Å². The number of aliphatic hydroxyl groups is 1. The quantitative estimate of drug-likeness (QED) is 0.349. The summed E-state index contributed by atoms with van der Waals surface area (Å²) in [6.45, 7) is 0. The van der Waals surface area contributed by atoms with Gasteiger partial charge in [-0.05, 0) is 36.5 Å². The predicted octanol–water partition coefficient (Wildman–Crippen LogP) is 0.916. The lowest BCUT2D eigenvalue weighted by Gasteiger charge is -2.04. The maximum Gasteiger partial charge on any atom is 0.306 e. The molecular formula is C16H14O4. The Morgan fingerprint density at radius 3 is 3.05 bits per heavy atom. The second kappa shape index (κ2) is 8.56. The number of ether oxygens (including phenoxy) is 1. The highest BCUT2D eigenvalue weighted by Crippen LogP contribution is 2.14. The van der Waals surface area contributed by atoms with Crippen molar-refractivity contribution in [2.45, 2.75) is 31.5 Å². The molecular weight excluding hydrogens is 256 g/mol. The maximum atomic E-state index is 11.5. The average Bonchev–Trinajstić information content (AvgIpc) is 2.85. The molecule has 1 aliphatic heterocycles. The summed E-state index contributed by atoms with van der Waals surface area (Å²) in [6, 6.07) is 0. The number of carbonyl (C=O) groups is 2. The van der Waals surface area contributed by atoms with E-state index in [1.54, 1.807) is 0 Å². The minimum absolute atomic E-state index is 0.0319. The van der Waals surface area contributed by atoms with Crippen molar-refractivity contribution in [1.29, 1.82) is 0 Å². The molecule has 1 rings (SSSR count). The maximum absolute atomic E-state index is 11.5. The first kappa shape index (κ1) is 15.5. The summed E-state index contributed by atoms with van der Waals surface area (Å²) in [7, 11) is 0. The van der Waals surface area contributed by atoms with Gasteiger partial charge in [0.1, 0.15) is 12.2 Å². The SMILES string of the molecule is C#CC#CC=C=CCC(=O)C(O)/C=C/C1CCC(=O)O1. The summed E-state index contributed by atoms with van der Waals surface area (Å²) in [4.78, 5) is 22.4. The molecule has 4 nitrogen and oxygen atoms in total. The van der Waals surface area contributed by atoms with Crippen molar-refractivity contribution < 1.29 is 19.4 Å². The van der Waals surface area contributed by atoms with E-state index in [9.17, 15) is 14.7 Å². The minimum Gasteiger partial charge on any atom is -0.458 e. The minimum atomic E-state index is -1.22. The topological polar surface area (TPSA) is 63.6 Å². The van der Waals surface area contributed by atoms with Crippen LogP contribution in [0.2, 0.25) is 0 Å². The first-order valence-electron chi connectivity index (χ1n) is 6.07. The third-order valence-electron chi connectivity index (χ3n) is 2.47. The molecule has 1 N–H and O–H groups in total. The van der Waals surface area contributed by atoms with Crippen molar-refractivity contribution in [2.24, 2.45) is 0 Å². The van der Waals surface area contributed by atoms with Gasteiger partial charge in [-0.15, -0.1) is 12.2 Å². The van der Waals surface area contributed by atoms with Crippen LogP contribution in [0.15, 0.2) is 30.0 Å². The Morgan fingerprint density at radius 1 is 1.60 bits per heavy atom. The molecule has 0 bridgehead atoms. The van der Waals surface area contributed by atoms with Crippen LogP contribution in [0.3, 0.4) is 0 Å². The Morgan fingerprint density at radius 2 is 2.40 bits per heavy atom. The highest BCUT2D eigenvalue weighted by Gasteiger charge is 2.21. The molecule has 1 saturated heterocycles. The summed E-state index contributed by atoms with van der Waals surface area (Å²) in [6.07, 6.45) is 10.0. The van der Waals surface area contributed by atoms with E-state index in [1.165, 1.54) is 24.3 Å². The molecule has 2 unspecified atom stereocenters. The van der Waals surface area contributed by atoms with Gasteiger partial charge in [-0.1, -0.05) is 5.92 Å². The molecule has 1 aliphatic rings. The van der Waals surface area contributed by atoms with Crippen molar-refractivity contribution in [3.05, 3.63) is 30.0 Å². The van der Waals surface area contributed by atoms with Crippen LogP contribution in [-0.2, 0) is 14.3 Å². The van der Waals surface area contributed by atoms with Gasteiger partial charge in [-0.2, -0.15) is 0 Å².